The van der Waals surface area contributed by atoms with Crippen LogP contribution in [0.4, 0.5) is 0 Å². The van der Waals surface area contributed by atoms with Gasteiger partial charge >= 0.3 is 0 Å². The number of amides is 2. The van der Waals surface area contributed by atoms with Crippen LogP contribution in [0.3, 0.4) is 0 Å². The molecule has 0 unspecified atom stereocenters. The number of aryl methyl sites for hydroxylation is 3. The molecule has 0 aromatic carbocycles. The Hall–Kier alpha value is -2.70. The van der Waals surface area contributed by atoms with E-state index in [1.807, 2.05) is 6.07 Å². The molecule has 130 valence electrons. The Morgan fingerprint density at radius 1 is 1.20 bits per heavy atom. The number of carbonyl (C=O) groups excluding carboxylic acids is 2. The zero-order valence-electron chi connectivity index (χ0n) is 14.3. The molecule has 2 aromatic rings. The number of primary amides is 1. The third-order valence-corrected chi connectivity index (χ3v) is 5.18. The van der Waals surface area contributed by atoms with Gasteiger partial charge in [-0.15, -0.1) is 0 Å². The summed E-state index contributed by atoms with van der Waals surface area (Å²) < 4.78 is 1.69. The van der Waals surface area contributed by atoms with E-state index in [0.717, 1.165) is 36.2 Å². The molecule has 0 saturated heterocycles. The van der Waals surface area contributed by atoms with Crippen LogP contribution in [0.25, 0.3) is 0 Å². The van der Waals surface area contributed by atoms with Gasteiger partial charge in [-0.3, -0.25) is 19.3 Å². The summed E-state index contributed by atoms with van der Waals surface area (Å²) in [7, 11) is 1.80. The molecule has 3 heterocycles. The summed E-state index contributed by atoms with van der Waals surface area (Å²) in [5.74, 6) is -0.604. The average Bonchev–Trinajstić information content (AvgIpc) is 2.97. The second-order valence-corrected chi connectivity index (χ2v) is 6.78. The van der Waals surface area contributed by atoms with Crippen LogP contribution in [-0.4, -0.2) is 38.0 Å². The van der Waals surface area contributed by atoms with Crippen molar-refractivity contribution < 1.29 is 9.59 Å². The lowest BCUT2D eigenvalue weighted by Gasteiger charge is -2.28. The van der Waals surface area contributed by atoms with E-state index in [1.54, 1.807) is 22.8 Å². The van der Waals surface area contributed by atoms with Gasteiger partial charge in [-0.1, -0.05) is 0 Å². The third-order valence-electron chi connectivity index (χ3n) is 5.18. The fourth-order valence-electron chi connectivity index (χ4n) is 3.85. The Kier molecular flexibility index (Phi) is 3.78. The van der Waals surface area contributed by atoms with Gasteiger partial charge in [-0.2, -0.15) is 5.10 Å². The second-order valence-electron chi connectivity index (χ2n) is 6.78. The largest absolute Gasteiger partial charge is 0.364 e. The summed E-state index contributed by atoms with van der Waals surface area (Å²) in [6, 6.07) is 1.98. The minimum Gasteiger partial charge on any atom is -0.364 e. The van der Waals surface area contributed by atoms with E-state index in [1.165, 1.54) is 12.0 Å². The Morgan fingerprint density at radius 2 is 2.00 bits per heavy atom. The molecule has 0 bridgehead atoms. The Bertz CT molecular complexity index is 871. The molecule has 2 amide bonds. The van der Waals surface area contributed by atoms with Crippen molar-refractivity contribution in [3.05, 3.63) is 46.0 Å². The van der Waals surface area contributed by atoms with Crippen LogP contribution in [0.5, 0.6) is 0 Å². The van der Waals surface area contributed by atoms with Gasteiger partial charge < -0.3 is 10.6 Å². The summed E-state index contributed by atoms with van der Waals surface area (Å²) in [6.45, 7) is 0.956. The van der Waals surface area contributed by atoms with Crippen molar-refractivity contribution in [2.24, 2.45) is 12.8 Å². The SMILES string of the molecule is Cn1nc(C(N)=O)c2c1CCN(C(=O)c1cnc3c(c1)CCCC3)C2. The van der Waals surface area contributed by atoms with Crippen molar-refractivity contribution in [1.82, 2.24) is 19.7 Å². The number of hydrogen-bond acceptors (Lipinski definition) is 4. The van der Waals surface area contributed by atoms with Crippen LogP contribution >= 0.6 is 0 Å². The highest BCUT2D eigenvalue weighted by molar-refractivity contribution is 5.95. The molecular formula is C18H21N5O2. The summed E-state index contributed by atoms with van der Waals surface area (Å²) in [5.41, 5.74) is 10.4. The molecule has 0 radical (unpaired) electrons. The van der Waals surface area contributed by atoms with Gasteiger partial charge in [-0.05, 0) is 37.3 Å². The third kappa shape index (κ3) is 2.69. The highest BCUT2D eigenvalue weighted by Gasteiger charge is 2.29. The predicted molar refractivity (Wildman–Crippen MR) is 91.0 cm³/mol. The maximum atomic E-state index is 12.9. The van der Waals surface area contributed by atoms with Crippen molar-refractivity contribution in [2.45, 2.75) is 38.6 Å². The van der Waals surface area contributed by atoms with E-state index < -0.39 is 5.91 Å². The summed E-state index contributed by atoms with van der Waals surface area (Å²) in [5, 5.41) is 4.21. The van der Waals surface area contributed by atoms with Gasteiger partial charge in [0.15, 0.2) is 5.69 Å². The van der Waals surface area contributed by atoms with Crippen molar-refractivity contribution in [2.75, 3.05) is 6.54 Å². The topological polar surface area (TPSA) is 94.1 Å². The van der Waals surface area contributed by atoms with Crippen molar-refractivity contribution in [3.8, 4) is 0 Å². The zero-order chi connectivity index (χ0) is 17.6. The number of hydrogen-bond donors (Lipinski definition) is 1. The van der Waals surface area contributed by atoms with Gasteiger partial charge in [0.2, 0.25) is 0 Å². The van der Waals surface area contributed by atoms with Gasteiger partial charge in [0.1, 0.15) is 0 Å². The van der Waals surface area contributed by atoms with Crippen molar-refractivity contribution in [3.63, 3.8) is 0 Å². The number of carbonyl (C=O) groups is 2. The van der Waals surface area contributed by atoms with E-state index in [9.17, 15) is 9.59 Å². The molecule has 7 nitrogen and oxygen atoms in total. The zero-order valence-corrected chi connectivity index (χ0v) is 14.3. The van der Waals surface area contributed by atoms with Crippen LogP contribution in [0.2, 0.25) is 0 Å². The van der Waals surface area contributed by atoms with Crippen LogP contribution < -0.4 is 5.73 Å². The van der Waals surface area contributed by atoms with E-state index in [-0.39, 0.29) is 11.6 Å². The fourth-order valence-corrected chi connectivity index (χ4v) is 3.85. The minimum absolute atomic E-state index is 0.0502. The van der Waals surface area contributed by atoms with Gasteiger partial charge in [0.05, 0.1) is 12.1 Å². The molecule has 1 aliphatic carbocycles. The lowest BCUT2D eigenvalue weighted by molar-refractivity contribution is 0.0730. The Morgan fingerprint density at radius 3 is 2.80 bits per heavy atom. The summed E-state index contributed by atoms with van der Waals surface area (Å²) in [4.78, 5) is 30.8. The maximum Gasteiger partial charge on any atom is 0.269 e. The van der Waals surface area contributed by atoms with E-state index >= 15 is 0 Å². The molecular weight excluding hydrogens is 318 g/mol. The smallest absolute Gasteiger partial charge is 0.269 e. The molecule has 25 heavy (non-hydrogen) atoms. The quantitative estimate of drug-likeness (QED) is 0.883. The van der Waals surface area contributed by atoms with Crippen LogP contribution in [-0.2, 0) is 32.9 Å². The molecule has 0 fully saturated rings. The molecule has 2 aliphatic rings. The van der Waals surface area contributed by atoms with Gasteiger partial charge in [0, 0.05) is 43.2 Å². The molecule has 0 atom stereocenters. The number of rotatable bonds is 2. The number of aromatic nitrogens is 3. The molecule has 0 spiro atoms. The first-order chi connectivity index (χ1) is 12.0. The molecule has 7 heteroatoms. The molecule has 2 aromatic heterocycles. The number of pyridine rings is 1. The second kappa shape index (κ2) is 5.98. The lowest BCUT2D eigenvalue weighted by atomic mass is 9.95. The summed E-state index contributed by atoms with van der Waals surface area (Å²) >= 11 is 0. The number of fused-ring (bicyclic) bond motifs is 2. The van der Waals surface area contributed by atoms with Crippen LogP contribution in [0, 0.1) is 0 Å². The standard InChI is InChI=1S/C18H21N5O2/c1-22-15-6-7-23(10-13(15)16(21-22)17(19)24)18(25)12-8-11-4-2-3-5-14(11)20-9-12/h8-9H,2-7,10H2,1H3,(H2,19,24). The molecule has 4 rings (SSSR count). The Labute approximate surface area is 145 Å². The first-order valence-corrected chi connectivity index (χ1v) is 8.66. The minimum atomic E-state index is -0.554. The van der Waals surface area contributed by atoms with Gasteiger partial charge in [0.25, 0.3) is 11.8 Å². The van der Waals surface area contributed by atoms with Crippen molar-refractivity contribution in [1.29, 1.82) is 0 Å². The Balaban J connectivity index is 1.61. The number of nitrogens with two attached hydrogens (primary N) is 1. The van der Waals surface area contributed by atoms with Gasteiger partial charge in [-0.25, -0.2) is 0 Å². The van der Waals surface area contributed by atoms with Crippen LogP contribution in [0.1, 0.15) is 56.2 Å². The first kappa shape index (κ1) is 15.8. The highest BCUT2D eigenvalue weighted by Crippen LogP contribution is 2.25. The molecule has 0 saturated carbocycles. The highest BCUT2D eigenvalue weighted by atomic mass is 16.2. The average molecular weight is 339 g/mol. The normalized spacial score (nSPS) is 16.3. The van der Waals surface area contributed by atoms with E-state index in [0.29, 0.717) is 25.1 Å². The monoisotopic (exact) mass is 339 g/mol. The van der Waals surface area contributed by atoms with E-state index in [2.05, 4.69) is 10.1 Å². The predicted octanol–water partition coefficient (Wildman–Crippen LogP) is 0.991. The molecule has 1 aliphatic heterocycles. The first-order valence-electron chi connectivity index (χ1n) is 8.66. The molecule has 2 N–H and O–H groups in total. The maximum absolute atomic E-state index is 12.9. The van der Waals surface area contributed by atoms with Crippen molar-refractivity contribution >= 4 is 11.8 Å². The number of nitrogens with zero attached hydrogens (tertiary/aromatic N) is 4. The van der Waals surface area contributed by atoms with E-state index in [4.69, 9.17) is 5.73 Å². The fraction of sp³-hybridized carbons (Fsp3) is 0.444. The lowest BCUT2D eigenvalue weighted by Crippen LogP contribution is -2.37. The summed E-state index contributed by atoms with van der Waals surface area (Å²) in [6.07, 6.45) is 6.64. The van der Waals surface area contributed by atoms with Crippen LogP contribution in [0.15, 0.2) is 12.3 Å².